The summed E-state index contributed by atoms with van der Waals surface area (Å²) in [5.74, 6) is -6.12. The minimum Gasteiger partial charge on any atom is -0.459 e. The number of ketones is 2. The predicted molar refractivity (Wildman–Crippen MR) is 209 cm³/mol. The van der Waals surface area contributed by atoms with Crippen LogP contribution in [0.15, 0.2) is 36.5 Å². The molecule has 10 nitrogen and oxygen atoms in total. The maximum Gasteiger partial charge on any atom is 0.330 e. The fraction of sp³-hybridized carbons (Fsp3) is 0.795. The van der Waals surface area contributed by atoms with Gasteiger partial charge in [0, 0.05) is 54.4 Å². The van der Waals surface area contributed by atoms with Gasteiger partial charge in [0.1, 0.15) is 17.7 Å². The third-order valence-corrected chi connectivity index (χ3v) is 12.9. The lowest BCUT2D eigenvalue weighted by Crippen LogP contribution is -2.57. The lowest BCUT2D eigenvalue weighted by molar-refractivity contribution is -0.347. The Morgan fingerprint density at radius 2 is 1.37 bits per heavy atom. The second kappa shape index (κ2) is 20.8. The number of allylic oxidation sites excluding steroid dienone is 4. The number of ether oxygens (including phenoxy) is 3. The van der Waals surface area contributed by atoms with Crippen molar-refractivity contribution in [2.45, 2.75) is 169 Å². The van der Waals surface area contributed by atoms with Crippen molar-refractivity contribution in [1.29, 1.82) is 0 Å². The van der Waals surface area contributed by atoms with Crippen molar-refractivity contribution in [2.75, 3.05) is 0 Å². The summed E-state index contributed by atoms with van der Waals surface area (Å²) in [6, 6.07) is 0. The van der Waals surface area contributed by atoms with Crippen molar-refractivity contribution >= 4 is 17.5 Å². The van der Waals surface area contributed by atoms with E-state index in [-0.39, 0.29) is 41.7 Å². The Morgan fingerprint density at radius 3 is 1.98 bits per heavy atom. The molecule has 3 aliphatic heterocycles. The van der Waals surface area contributed by atoms with Crippen LogP contribution in [-0.4, -0.2) is 86.5 Å². The number of Topliss-reactive ketones (excluding diaryl/α,β-unsaturated/α-hetero) is 2. The lowest BCUT2D eigenvalue weighted by atomic mass is 9.77. The minimum atomic E-state index is -1.30. The standard InChI is InChI=1S/C44H72O10/c1-11-34-16-14-12-13-15-26(3)39(47)30(7)41(49)32(9)43(51)33(10)42(50)31(8)40(48)27(4)17-20-38(46)52-37-24-44(53-35(19-18-34)29(37)6)22-21-25(2)36(54-44)23-28(5)45/h12-14,16-17,20,25-37,39-40,43,45,47-48,51H,11,15,18-19,21-24H2,1-10H3. The smallest absolute Gasteiger partial charge is 0.330 e. The van der Waals surface area contributed by atoms with Gasteiger partial charge in [-0.05, 0) is 63.2 Å². The average Bonchev–Trinajstić information content (AvgIpc) is 3.14. The summed E-state index contributed by atoms with van der Waals surface area (Å²) in [4.78, 5) is 40.2. The molecule has 3 heterocycles. The maximum absolute atomic E-state index is 13.5. The first-order chi connectivity index (χ1) is 25.3. The van der Waals surface area contributed by atoms with E-state index in [1.165, 1.54) is 6.08 Å². The molecule has 0 amide bonds. The number of hydrogen-bond acceptors (Lipinski definition) is 10. The van der Waals surface area contributed by atoms with Crippen LogP contribution >= 0.6 is 0 Å². The van der Waals surface area contributed by atoms with Crippen LogP contribution in [-0.2, 0) is 28.6 Å². The van der Waals surface area contributed by atoms with E-state index in [4.69, 9.17) is 14.2 Å². The maximum atomic E-state index is 13.5. The van der Waals surface area contributed by atoms with Gasteiger partial charge in [-0.3, -0.25) is 9.59 Å². The molecular formula is C44H72O10. The Balaban J connectivity index is 1.93. The van der Waals surface area contributed by atoms with Crippen LogP contribution in [0.1, 0.15) is 121 Å². The SMILES string of the molecule is CCC1C=CC=CCC(C)C(O)C(C)C(=O)C(C)C(O)C(C)C(=O)C(C)C(O)C(C)C=CC(=O)OC2CC3(CCC(C)C(CC(C)O)O3)OC(CC1)C2C. The highest BCUT2D eigenvalue weighted by molar-refractivity contribution is 5.87. The van der Waals surface area contributed by atoms with Crippen molar-refractivity contribution in [1.82, 2.24) is 0 Å². The fourth-order valence-electron chi connectivity index (χ4n) is 8.54. The van der Waals surface area contributed by atoms with Gasteiger partial charge in [0.05, 0.1) is 36.6 Å². The van der Waals surface area contributed by atoms with Crippen molar-refractivity contribution in [3.8, 4) is 0 Å². The number of hydrogen-bond donors (Lipinski definition) is 4. The Hall–Kier alpha value is -2.21. The molecule has 0 radical (unpaired) electrons. The van der Waals surface area contributed by atoms with Crippen molar-refractivity contribution in [3.05, 3.63) is 36.5 Å². The number of fused-ring (bicyclic) bond motifs is 2. The summed E-state index contributed by atoms with van der Waals surface area (Å²) in [5, 5.41) is 43.6. The minimum absolute atomic E-state index is 0.121. The third kappa shape index (κ3) is 12.1. The lowest BCUT2D eigenvalue weighted by Gasteiger charge is -2.52. The van der Waals surface area contributed by atoms with Crippen LogP contribution in [0.25, 0.3) is 0 Å². The van der Waals surface area contributed by atoms with Crippen LogP contribution in [0, 0.1) is 53.3 Å². The summed E-state index contributed by atoms with van der Waals surface area (Å²) in [6.45, 7) is 18.1. The highest BCUT2D eigenvalue weighted by Crippen LogP contribution is 2.46. The predicted octanol–water partition coefficient (Wildman–Crippen LogP) is 6.52. The van der Waals surface area contributed by atoms with E-state index in [1.807, 2.05) is 32.1 Å². The molecule has 0 aliphatic carbocycles. The van der Waals surface area contributed by atoms with Crippen LogP contribution in [0.5, 0.6) is 0 Å². The number of carbonyl (C=O) groups is 3. The quantitative estimate of drug-likeness (QED) is 0.233. The third-order valence-electron chi connectivity index (χ3n) is 12.9. The molecule has 17 atom stereocenters. The van der Waals surface area contributed by atoms with Crippen LogP contribution in [0.2, 0.25) is 0 Å². The van der Waals surface area contributed by atoms with Gasteiger partial charge >= 0.3 is 5.97 Å². The molecule has 17 unspecified atom stereocenters. The Bertz CT molecular complexity index is 1310. The van der Waals surface area contributed by atoms with Crippen molar-refractivity contribution in [3.63, 3.8) is 0 Å². The zero-order valence-electron chi connectivity index (χ0n) is 34.6. The van der Waals surface area contributed by atoms with Gasteiger partial charge in [0.15, 0.2) is 5.79 Å². The van der Waals surface area contributed by atoms with E-state index in [2.05, 4.69) is 19.9 Å². The van der Waals surface area contributed by atoms with Gasteiger partial charge in [-0.2, -0.15) is 0 Å². The molecule has 4 N–H and O–H groups in total. The summed E-state index contributed by atoms with van der Waals surface area (Å²) < 4.78 is 19.7. The largest absolute Gasteiger partial charge is 0.459 e. The molecule has 2 fully saturated rings. The Labute approximate surface area is 324 Å². The number of aliphatic hydroxyl groups excluding tert-OH is 4. The zero-order valence-corrected chi connectivity index (χ0v) is 34.6. The van der Waals surface area contributed by atoms with E-state index in [0.29, 0.717) is 25.7 Å². The average molecular weight is 761 g/mol. The molecule has 0 aromatic rings. The van der Waals surface area contributed by atoms with Crippen LogP contribution in [0.3, 0.4) is 0 Å². The second-order valence-corrected chi connectivity index (χ2v) is 17.3. The number of aliphatic hydroxyl groups is 4. The first-order valence-electron chi connectivity index (χ1n) is 20.7. The van der Waals surface area contributed by atoms with Gasteiger partial charge < -0.3 is 34.6 Å². The number of carbonyl (C=O) groups excluding carboxylic acids is 3. The van der Waals surface area contributed by atoms with Crippen molar-refractivity contribution in [2.24, 2.45) is 53.3 Å². The molecule has 308 valence electrons. The van der Waals surface area contributed by atoms with Crippen molar-refractivity contribution < 1.29 is 49.0 Å². The topological polar surface area (TPSA) is 160 Å². The first-order valence-corrected chi connectivity index (χ1v) is 20.7. The molecule has 3 aliphatic rings. The molecule has 1 spiro atoms. The van der Waals surface area contributed by atoms with Crippen LogP contribution < -0.4 is 0 Å². The molecule has 2 bridgehead atoms. The van der Waals surface area contributed by atoms with Gasteiger partial charge in [-0.15, -0.1) is 0 Å². The highest BCUT2D eigenvalue weighted by Gasteiger charge is 2.51. The fourth-order valence-corrected chi connectivity index (χ4v) is 8.54. The van der Waals surface area contributed by atoms with Crippen LogP contribution in [0.4, 0.5) is 0 Å². The summed E-state index contributed by atoms with van der Waals surface area (Å²) in [7, 11) is 0. The second-order valence-electron chi connectivity index (χ2n) is 17.3. The first kappa shape index (κ1) is 46.2. The molecule has 0 saturated carbocycles. The van der Waals surface area contributed by atoms with E-state index in [0.717, 1.165) is 25.7 Å². The molecule has 3 rings (SSSR count). The van der Waals surface area contributed by atoms with E-state index in [9.17, 15) is 34.8 Å². The highest BCUT2D eigenvalue weighted by atomic mass is 16.7. The number of rotatable bonds is 3. The Morgan fingerprint density at radius 1 is 0.759 bits per heavy atom. The molecule has 0 aromatic carbocycles. The molecule has 54 heavy (non-hydrogen) atoms. The molecular weight excluding hydrogens is 688 g/mol. The monoisotopic (exact) mass is 761 g/mol. The molecule has 2 saturated heterocycles. The Kier molecular flexibility index (Phi) is 17.8. The molecule has 10 heteroatoms. The van der Waals surface area contributed by atoms with Gasteiger partial charge in [-0.25, -0.2) is 4.79 Å². The van der Waals surface area contributed by atoms with Gasteiger partial charge in [0.2, 0.25) is 0 Å². The summed E-state index contributed by atoms with van der Waals surface area (Å²) >= 11 is 0. The number of esters is 1. The van der Waals surface area contributed by atoms with E-state index in [1.54, 1.807) is 47.6 Å². The van der Waals surface area contributed by atoms with Gasteiger partial charge in [0.25, 0.3) is 0 Å². The summed E-state index contributed by atoms with van der Waals surface area (Å²) in [6.07, 6.45) is 11.6. The van der Waals surface area contributed by atoms with E-state index >= 15 is 0 Å². The summed E-state index contributed by atoms with van der Waals surface area (Å²) in [5.41, 5.74) is 0. The van der Waals surface area contributed by atoms with E-state index < -0.39 is 77.6 Å². The normalized spacial score (nSPS) is 43.5. The zero-order chi connectivity index (χ0) is 40.5. The van der Waals surface area contributed by atoms with Gasteiger partial charge in [-0.1, -0.05) is 92.7 Å². The molecule has 0 aromatic heterocycles.